The Morgan fingerprint density at radius 2 is 2.33 bits per heavy atom. The Morgan fingerprint density at radius 1 is 1.67 bits per heavy atom. The van der Waals surface area contributed by atoms with Crippen LogP contribution in [0.1, 0.15) is 26.2 Å². The van der Waals surface area contributed by atoms with Gasteiger partial charge in [0.15, 0.2) is 0 Å². The van der Waals surface area contributed by atoms with Crippen molar-refractivity contribution in [2.45, 2.75) is 36.7 Å². The molecule has 1 N–H and O–H groups in total. The predicted molar refractivity (Wildman–Crippen MR) is 41.8 cm³/mol. The first-order chi connectivity index (χ1) is 4.33. The standard InChI is InChI=1S/C7H14OS/c1-6(4-5-8)9-7-2-3-7/h6-8H,2-5H2,1H3. The minimum absolute atomic E-state index is 0.348. The van der Waals surface area contributed by atoms with Gasteiger partial charge < -0.3 is 5.11 Å². The van der Waals surface area contributed by atoms with Gasteiger partial charge in [-0.25, -0.2) is 0 Å². The lowest BCUT2D eigenvalue weighted by Crippen LogP contribution is -2.00. The highest BCUT2D eigenvalue weighted by atomic mass is 32.2. The lowest BCUT2D eigenvalue weighted by atomic mass is 10.3. The van der Waals surface area contributed by atoms with Crippen LogP contribution in [-0.2, 0) is 0 Å². The minimum atomic E-state index is 0.348. The molecule has 1 atom stereocenters. The minimum Gasteiger partial charge on any atom is -0.396 e. The zero-order valence-corrected chi connectivity index (χ0v) is 6.66. The first-order valence-electron chi connectivity index (χ1n) is 3.59. The van der Waals surface area contributed by atoms with E-state index in [2.05, 4.69) is 6.92 Å². The van der Waals surface area contributed by atoms with Gasteiger partial charge in [-0.15, -0.1) is 0 Å². The van der Waals surface area contributed by atoms with Crippen molar-refractivity contribution in [3.63, 3.8) is 0 Å². The molecule has 0 heterocycles. The molecule has 0 radical (unpaired) electrons. The molecule has 2 heteroatoms. The van der Waals surface area contributed by atoms with E-state index in [0.717, 1.165) is 11.7 Å². The van der Waals surface area contributed by atoms with Gasteiger partial charge in [0.25, 0.3) is 0 Å². The molecule has 1 saturated carbocycles. The number of thioether (sulfide) groups is 1. The molecule has 0 aromatic heterocycles. The highest BCUT2D eigenvalue weighted by molar-refractivity contribution is 8.00. The van der Waals surface area contributed by atoms with Crippen molar-refractivity contribution in [3.05, 3.63) is 0 Å². The first-order valence-corrected chi connectivity index (χ1v) is 4.53. The van der Waals surface area contributed by atoms with Crippen LogP contribution in [0.5, 0.6) is 0 Å². The number of aliphatic hydroxyl groups excluding tert-OH is 1. The molecule has 0 aromatic carbocycles. The van der Waals surface area contributed by atoms with E-state index in [1.807, 2.05) is 11.8 Å². The fourth-order valence-corrected chi connectivity index (χ4v) is 2.09. The van der Waals surface area contributed by atoms with E-state index < -0.39 is 0 Å². The summed E-state index contributed by atoms with van der Waals surface area (Å²) in [6.45, 7) is 2.54. The summed E-state index contributed by atoms with van der Waals surface area (Å²) in [5.41, 5.74) is 0. The summed E-state index contributed by atoms with van der Waals surface area (Å²) in [7, 11) is 0. The van der Waals surface area contributed by atoms with Crippen molar-refractivity contribution in [1.29, 1.82) is 0 Å². The maximum atomic E-state index is 8.56. The second-order valence-electron chi connectivity index (χ2n) is 2.66. The summed E-state index contributed by atoms with van der Waals surface area (Å²) in [5, 5.41) is 10.2. The Morgan fingerprint density at radius 3 is 2.78 bits per heavy atom. The fraction of sp³-hybridized carbons (Fsp3) is 1.00. The van der Waals surface area contributed by atoms with Crippen molar-refractivity contribution in [3.8, 4) is 0 Å². The molecule has 0 saturated heterocycles. The van der Waals surface area contributed by atoms with Crippen LogP contribution in [0.4, 0.5) is 0 Å². The summed E-state index contributed by atoms with van der Waals surface area (Å²) >= 11 is 2.03. The Balaban J connectivity index is 1.95. The molecule has 0 spiro atoms. The molecular formula is C7H14OS. The third kappa shape index (κ3) is 3.11. The molecular weight excluding hydrogens is 132 g/mol. The zero-order chi connectivity index (χ0) is 6.69. The van der Waals surface area contributed by atoms with Crippen LogP contribution < -0.4 is 0 Å². The summed E-state index contributed by atoms with van der Waals surface area (Å²) in [6, 6.07) is 0. The highest BCUT2D eigenvalue weighted by Crippen LogP contribution is 2.37. The second-order valence-corrected chi connectivity index (χ2v) is 4.40. The van der Waals surface area contributed by atoms with Gasteiger partial charge in [-0.1, -0.05) is 6.92 Å². The second kappa shape index (κ2) is 3.47. The van der Waals surface area contributed by atoms with Gasteiger partial charge >= 0.3 is 0 Å². The van der Waals surface area contributed by atoms with E-state index in [1.165, 1.54) is 12.8 Å². The van der Waals surface area contributed by atoms with Crippen LogP contribution in [0.2, 0.25) is 0 Å². The van der Waals surface area contributed by atoms with Crippen LogP contribution in [-0.4, -0.2) is 22.2 Å². The van der Waals surface area contributed by atoms with Crippen molar-refractivity contribution in [2.75, 3.05) is 6.61 Å². The molecule has 1 rings (SSSR count). The van der Waals surface area contributed by atoms with E-state index in [4.69, 9.17) is 5.11 Å². The molecule has 0 aromatic rings. The summed E-state index contributed by atoms with van der Waals surface area (Å²) < 4.78 is 0. The smallest absolute Gasteiger partial charge is 0.0441 e. The van der Waals surface area contributed by atoms with Crippen LogP contribution >= 0.6 is 11.8 Å². The molecule has 0 aliphatic heterocycles. The maximum Gasteiger partial charge on any atom is 0.0441 e. The number of hydrogen-bond acceptors (Lipinski definition) is 2. The fourth-order valence-electron chi connectivity index (χ4n) is 0.783. The Kier molecular flexibility index (Phi) is 2.86. The number of rotatable bonds is 4. The third-order valence-corrected chi connectivity index (χ3v) is 3.04. The zero-order valence-electron chi connectivity index (χ0n) is 5.84. The molecule has 1 fully saturated rings. The summed E-state index contributed by atoms with van der Waals surface area (Å²) in [5.74, 6) is 0. The van der Waals surface area contributed by atoms with Gasteiger partial charge in [0.1, 0.15) is 0 Å². The Hall–Kier alpha value is 0.310. The van der Waals surface area contributed by atoms with Gasteiger partial charge in [0, 0.05) is 17.1 Å². The van der Waals surface area contributed by atoms with Crippen LogP contribution in [0, 0.1) is 0 Å². The van der Waals surface area contributed by atoms with Gasteiger partial charge in [-0.05, 0) is 19.3 Å². The summed E-state index contributed by atoms with van der Waals surface area (Å²) in [6.07, 6.45) is 3.77. The molecule has 0 amide bonds. The van der Waals surface area contributed by atoms with E-state index in [1.54, 1.807) is 0 Å². The number of hydrogen-bond donors (Lipinski definition) is 1. The van der Waals surface area contributed by atoms with Crippen LogP contribution in [0.25, 0.3) is 0 Å². The largest absolute Gasteiger partial charge is 0.396 e. The molecule has 54 valence electrons. The molecule has 1 aliphatic carbocycles. The van der Waals surface area contributed by atoms with Gasteiger partial charge in [0.05, 0.1) is 0 Å². The number of aliphatic hydroxyl groups is 1. The topological polar surface area (TPSA) is 20.2 Å². The summed E-state index contributed by atoms with van der Waals surface area (Å²) in [4.78, 5) is 0. The lowest BCUT2D eigenvalue weighted by Gasteiger charge is -2.06. The van der Waals surface area contributed by atoms with Crippen LogP contribution in [0.15, 0.2) is 0 Å². The SMILES string of the molecule is CC(CCO)SC1CC1. The van der Waals surface area contributed by atoms with Gasteiger partial charge in [0.2, 0.25) is 0 Å². The van der Waals surface area contributed by atoms with Crippen molar-refractivity contribution in [1.82, 2.24) is 0 Å². The Bertz CT molecular complexity index is 81.0. The third-order valence-electron chi connectivity index (χ3n) is 1.48. The molecule has 1 unspecified atom stereocenters. The molecule has 0 bridgehead atoms. The average molecular weight is 146 g/mol. The monoisotopic (exact) mass is 146 g/mol. The van der Waals surface area contributed by atoms with Gasteiger partial charge in [-0.3, -0.25) is 0 Å². The van der Waals surface area contributed by atoms with Crippen molar-refractivity contribution < 1.29 is 5.11 Å². The van der Waals surface area contributed by atoms with E-state index in [-0.39, 0.29) is 0 Å². The van der Waals surface area contributed by atoms with E-state index in [0.29, 0.717) is 11.9 Å². The molecule has 1 nitrogen and oxygen atoms in total. The normalized spacial score (nSPS) is 22.0. The van der Waals surface area contributed by atoms with Crippen molar-refractivity contribution >= 4 is 11.8 Å². The highest BCUT2D eigenvalue weighted by Gasteiger charge is 2.23. The first kappa shape index (κ1) is 7.42. The molecule has 1 aliphatic rings. The molecule has 9 heavy (non-hydrogen) atoms. The Labute approximate surface area is 60.8 Å². The van der Waals surface area contributed by atoms with Crippen molar-refractivity contribution in [2.24, 2.45) is 0 Å². The quantitative estimate of drug-likeness (QED) is 0.651. The maximum absolute atomic E-state index is 8.56. The predicted octanol–water partition coefficient (Wildman–Crippen LogP) is 1.65. The van der Waals surface area contributed by atoms with Gasteiger partial charge in [-0.2, -0.15) is 11.8 Å². The van der Waals surface area contributed by atoms with E-state index >= 15 is 0 Å². The van der Waals surface area contributed by atoms with Crippen LogP contribution in [0.3, 0.4) is 0 Å². The van der Waals surface area contributed by atoms with E-state index in [9.17, 15) is 0 Å². The lowest BCUT2D eigenvalue weighted by molar-refractivity contribution is 0.289. The average Bonchev–Trinajstić information content (AvgIpc) is 2.50.